The number of nitrogens with one attached hydrogen (secondary N) is 1. The van der Waals surface area contributed by atoms with Crippen molar-refractivity contribution in [2.75, 3.05) is 16.8 Å². The standard InChI is InChI=1S/C43H33N4P/c1-45-29-44-43-35(21-13-24-39(43)45)30-14-11-16-32(26-30)47-38-23-10-9-22-37(38)46(2)40-27-31-15-12-25-42(36(31)28-41(40)47)48(33-17-5-3-6-18-33)34-19-7-4-8-20-34/h3-29H,1-2H3/p+1. The molecule has 1 aromatic heterocycles. The van der Waals surface area contributed by atoms with Crippen LogP contribution in [0.3, 0.4) is 0 Å². The van der Waals surface area contributed by atoms with E-state index in [1.165, 1.54) is 66.1 Å². The van der Waals surface area contributed by atoms with Gasteiger partial charge in [0.1, 0.15) is 0 Å². The van der Waals surface area contributed by atoms with Crippen LogP contribution in [0.25, 0.3) is 32.9 Å². The molecule has 4 nitrogen and oxygen atoms in total. The Morgan fingerprint density at radius 3 is 2.04 bits per heavy atom. The van der Waals surface area contributed by atoms with Crippen LogP contribution in [0.1, 0.15) is 0 Å². The summed E-state index contributed by atoms with van der Waals surface area (Å²) in [6.45, 7) is 0. The van der Waals surface area contributed by atoms with E-state index in [2.05, 4.69) is 191 Å². The van der Waals surface area contributed by atoms with Crippen molar-refractivity contribution in [1.82, 2.24) is 4.98 Å². The second-order valence-electron chi connectivity index (χ2n) is 12.4. The molecule has 0 unspecified atom stereocenters. The van der Waals surface area contributed by atoms with Crippen molar-refractivity contribution in [2.24, 2.45) is 7.05 Å². The SMILES string of the molecule is CN1c2ccccc2N(c2cccc(-c3cccc4c3[nH]c[n+]4C)c2)c2cc3c(P(c4ccccc4)c4ccccc4)cccc3cc21. The fourth-order valence-electron chi connectivity index (χ4n) is 7.25. The van der Waals surface area contributed by atoms with Gasteiger partial charge in [0.15, 0.2) is 11.0 Å². The number of hydrogen-bond donors (Lipinski definition) is 1. The molecule has 1 aliphatic heterocycles. The number of H-pyrrole nitrogens is 1. The summed E-state index contributed by atoms with van der Waals surface area (Å²) in [7, 11) is 3.49. The zero-order valence-electron chi connectivity index (χ0n) is 26.9. The fraction of sp³-hybridized carbons (Fsp3) is 0.0465. The molecular formula is C43H34N4P+. The third kappa shape index (κ3) is 4.60. The average Bonchev–Trinajstić information content (AvgIpc) is 3.53. The Bertz CT molecular complexity index is 2410. The molecule has 0 bridgehead atoms. The van der Waals surface area contributed by atoms with E-state index in [4.69, 9.17) is 0 Å². The second kappa shape index (κ2) is 11.5. The van der Waals surface area contributed by atoms with Crippen LogP contribution in [0.5, 0.6) is 0 Å². The summed E-state index contributed by atoms with van der Waals surface area (Å²) in [6, 6.07) is 57.8. The summed E-state index contributed by atoms with van der Waals surface area (Å²) in [6.07, 6.45) is 2.02. The van der Waals surface area contributed by atoms with Crippen molar-refractivity contribution in [3.8, 4) is 11.1 Å². The summed E-state index contributed by atoms with van der Waals surface area (Å²) >= 11 is 0. The highest BCUT2D eigenvalue weighted by atomic mass is 31.1. The van der Waals surface area contributed by atoms with Crippen molar-refractivity contribution >= 4 is 74.1 Å². The van der Waals surface area contributed by atoms with Gasteiger partial charge in [0.2, 0.25) is 6.33 Å². The first-order valence-electron chi connectivity index (χ1n) is 16.3. The zero-order chi connectivity index (χ0) is 32.2. The van der Waals surface area contributed by atoms with Crippen LogP contribution in [0, 0.1) is 0 Å². The van der Waals surface area contributed by atoms with Crippen LogP contribution in [0.4, 0.5) is 28.4 Å². The Morgan fingerprint density at radius 2 is 1.27 bits per heavy atom. The van der Waals surface area contributed by atoms with Crippen molar-refractivity contribution in [3.05, 3.63) is 164 Å². The first-order chi connectivity index (χ1) is 23.7. The minimum absolute atomic E-state index is 0.779. The van der Waals surface area contributed by atoms with Crippen LogP contribution in [-0.2, 0) is 7.05 Å². The van der Waals surface area contributed by atoms with Gasteiger partial charge in [-0.1, -0.05) is 109 Å². The summed E-state index contributed by atoms with van der Waals surface area (Å²) in [5, 5.41) is 6.60. The number of anilines is 5. The predicted molar refractivity (Wildman–Crippen MR) is 204 cm³/mol. The number of aromatic amines is 1. The van der Waals surface area contributed by atoms with E-state index in [1.54, 1.807) is 0 Å². The Morgan fingerprint density at radius 1 is 0.583 bits per heavy atom. The highest BCUT2D eigenvalue weighted by Gasteiger charge is 2.29. The van der Waals surface area contributed by atoms with Crippen LogP contribution in [0.15, 0.2) is 164 Å². The maximum absolute atomic E-state index is 3.50. The quantitative estimate of drug-likeness (QED) is 0.151. The third-order valence-corrected chi connectivity index (χ3v) is 12.0. The molecule has 0 saturated carbocycles. The molecule has 0 radical (unpaired) electrons. The second-order valence-corrected chi connectivity index (χ2v) is 14.5. The predicted octanol–water partition coefficient (Wildman–Crippen LogP) is 9.12. The first-order valence-corrected chi connectivity index (χ1v) is 17.7. The van der Waals surface area contributed by atoms with Crippen LogP contribution >= 0.6 is 7.92 Å². The van der Waals surface area contributed by atoms with E-state index in [1.807, 2.05) is 6.33 Å². The van der Waals surface area contributed by atoms with Gasteiger partial charge in [-0.05, 0) is 88.7 Å². The lowest BCUT2D eigenvalue weighted by Gasteiger charge is -2.39. The number of benzene rings is 7. The number of para-hydroxylation sites is 3. The Hall–Kier alpha value is -5.70. The van der Waals surface area contributed by atoms with Crippen LogP contribution in [-0.4, -0.2) is 12.0 Å². The molecule has 0 saturated heterocycles. The van der Waals surface area contributed by atoms with Gasteiger partial charge in [-0.2, -0.15) is 0 Å². The van der Waals surface area contributed by atoms with Gasteiger partial charge < -0.3 is 9.80 Å². The molecule has 2 heterocycles. The van der Waals surface area contributed by atoms with Gasteiger partial charge in [-0.25, -0.2) is 9.55 Å². The highest BCUT2D eigenvalue weighted by molar-refractivity contribution is 7.80. The molecule has 9 rings (SSSR count). The fourth-order valence-corrected chi connectivity index (χ4v) is 9.72. The van der Waals surface area contributed by atoms with Gasteiger partial charge >= 0.3 is 0 Å². The van der Waals surface area contributed by atoms with E-state index in [9.17, 15) is 0 Å². The van der Waals surface area contributed by atoms with Crippen molar-refractivity contribution in [3.63, 3.8) is 0 Å². The molecule has 230 valence electrons. The smallest absolute Gasteiger partial charge is 0.242 e. The van der Waals surface area contributed by atoms with Crippen molar-refractivity contribution < 1.29 is 4.57 Å². The number of imidazole rings is 1. The third-order valence-electron chi connectivity index (χ3n) is 9.55. The number of hydrogen-bond acceptors (Lipinski definition) is 2. The topological polar surface area (TPSA) is 26.1 Å². The molecule has 0 fully saturated rings. The summed E-state index contributed by atoms with van der Waals surface area (Å²) in [5.74, 6) is 0. The molecule has 8 aromatic rings. The minimum Gasteiger partial charge on any atom is -0.341 e. The van der Waals surface area contributed by atoms with Crippen molar-refractivity contribution in [1.29, 1.82) is 0 Å². The lowest BCUT2D eigenvalue weighted by Crippen LogP contribution is -2.25. The van der Waals surface area contributed by atoms with Gasteiger partial charge in [-0.15, -0.1) is 0 Å². The molecule has 0 aliphatic carbocycles. The van der Waals surface area contributed by atoms with Gasteiger partial charge in [0.25, 0.3) is 0 Å². The minimum atomic E-state index is -0.779. The Kier molecular flexibility index (Phi) is 6.85. The Balaban J connectivity index is 1.28. The zero-order valence-corrected chi connectivity index (χ0v) is 27.8. The number of aromatic nitrogens is 2. The lowest BCUT2D eigenvalue weighted by molar-refractivity contribution is -0.644. The van der Waals surface area contributed by atoms with E-state index < -0.39 is 7.92 Å². The molecule has 0 atom stereocenters. The first kappa shape index (κ1) is 28.5. The summed E-state index contributed by atoms with van der Waals surface area (Å²) in [5.41, 5.74) is 10.5. The maximum Gasteiger partial charge on any atom is 0.242 e. The van der Waals surface area contributed by atoms with E-state index in [-0.39, 0.29) is 0 Å². The monoisotopic (exact) mass is 637 g/mol. The summed E-state index contributed by atoms with van der Waals surface area (Å²) in [4.78, 5) is 8.29. The molecule has 7 aromatic carbocycles. The molecule has 0 spiro atoms. The largest absolute Gasteiger partial charge is 0.341 e. The average molecular weight is 638 g/mol. The molecule has 48 heavy (non-hydrogen) atoms. The van der Waals surface area contributed by atoms with E-state index in [0.717, 1.165) is 11.2 Å². The Labute approximate surface area is 281 Å². The summed E-state index contributed by atoms with van der Waals surface area (Å²) < 4.78 is 2.14. The number of rotatable bonds is 5. The van der Waals surface area contributed by atoms with E-state index in [0.29, 0.717) is 0 Å². The normalized spacial score (nSPS) is 12.5. The lowest BCUT2D eigenvalue weighted by atomic mass is 10.00. The highest BCUT2D eigenvalue weighted by Crippen LogP contribution is 2.52. The van der Waals surface area contributed by atoms with Crippen LogP contribution < -0.4 is 30.3 Å². The molecule has 0 amide bonds. The molecular weight excluding hydrogens is 603 g/mol. The van der Waals surface area contributed by atoms with Gasteiger partial charge in [0.05, 0.1) is 29.8 Å². The van der Waals surface area contributed by atoms with Crippen molar-refractivity contribution in [2.45, 2.75) is 0 Å². The maximum atomic E-state index is 3.50. The molecule has 1 N–H and O–H groups in total. The number of aryl methyl sites for hydroxylation is 1. The van der Waals surface area contributed by atoms with Gasteiger partial charge in [-0.3, -0.25) is 0 Å². The van der Waals surface area contributed by atoms with E-state index >= 15 is 0 Å². The number of nitrogens with zero attached hydrogens (tertiary/aromatic N) is 3. The number of fused-ring (bicyclic) bond motifs is 4. The molecule has 1 aliphatic rings. The van der Waals surface area contributed by atoms with Crippen LogP contribution in [0.2, 0.25) is 0 Å². The van der Waals surface area contributed by atoms with Gasteiger partial charge in [0, 0.05) is 18.3 Å². The molecule has 5 heteroatoms.